The summed E-state index contributed by atoms with van der Waals surface area (Å²) in [4.78, 5) is 14.3. The summed E-state index contributed by atoms with van der Waals surface area (Å²) in [5, 5.41) is 2.93. The van der Waals surface area contributed by atoms with Gasteiger partial charge in [0.15, 0.2) is 11.6 Å². The molecule has 6 heteroatoms. The van der Waals surface area contributed by atoms with E-state index in [4.69, 9.17) is 0 Å². The van der Waals surface area contributed by atoms with E-state index in [2.05, 4.69) is 12.2 Å². The van der Waals surface area contributed by atoms with Crippen molar-refractivity contribution < 1.29 is 18.0 Å². The SMILES string of the molecule is C[C@@H]1C2CCC(C2)N1C(=O)CCNCc1cc(F)c(F)cc1F. The zero-order valence-electron chi connectivity index (χ0n) is 13.1. The minimum absolute atomic E-state index is 0.0601. The summed E-state index contributed by atoms with van der Waals surface area (Å²) >= 11 is 0. The number of rotatable bonds is 5. The number of halogens is 3. The predicted octanol–water partition coefficient (Wildman–Crippen LogP) is 2.98. The molecule has 2 aliphatic rings. The van der Waals surface area contributed by atoms with Gasteiger partial charge in [0.25, 0.3) is 0 Å². The molecule has 0 radical (unpaired) electrons. The molecule has 3 atom stereocenters. The van der Waals surface area contributed by atoms with Crippen LogP contribution in [0.3, 0.4) is 0 Å². The minimum atomic E-state index is -1.19. The number of fused-ring (bicyclic) bond motifs is 2. The molecule has 2 bridgehead atoms. The van der Waals surface area contributed by atoms with Gasteiger partial charge in [-0.15, -0.1) is 0 Å². The van der Waals surface area contributed by atoms with Crippen LogP contribution in [-0.2, 0) is 11.3 Å². The molecule has 3 nitrogen and oxygen atoms in total. The van der Waals surface area contributed by atoms with Gasteiger partial charge in [0.1, 0.15) is 5.82 Å². The lowest BCUT2D eigenvalue weighted by molar-refractivity contribution is -0.135. The number of piperidine rings is 1. The first-order valence-electron chi connectivity index (χ1n) is 8.12. The van der Waals surface area contributed by atoms with E-state index < -0.39 is 17.5 Å². The second-order valence-electron chi connectivity index (χ2n) is 6.55. The number of carbonyl (C=O) groups is 1. The summed E-state index contributed by atoms with van der Waals surface area (Å²) < 4.78 is 39.4. The lowest BCUT2D eigenvalue weighted by Crippen LogP contribution is -2.44. The van der Waals surface area contributed by atoms with E-state index in [0.29, 0.717) is 37.0 Å². The fraction of sp³-hybridized carbons (Fsp3) is 0.588. The topological polar surface area (TPSA) is 32.3 Å². The van der Waals surface area contributed by atoms with E-state index >= 15 is 0 Å². The van der Waals surface area contributed by atoms with E-state index in [0.717, 1.165) is 18.9 Å². The van der Waals surface area contributed by atoms with Crippen molar-refractivity contribution in [3.8, 4) is 0 Å². The fourth-order valence-corrected chi connectivity index (χ4v) is 3.92. The first-order valence-corrected chi connectivity index (χ1v) is 8.12. The molecular weight excluding hydrogens is 305 g/mol. The molecule has 126 valence electrons. The number of nitrogens with one attached hydrogen (secondary N) is 1. The number of hydrogen-bond donors (Lipinski definition) is 1. The lowest BCUT2D eigenvalue weighted by Gasteiger charge is -2.33. The van der Waals surface area contributed by atoms with Crippen molar-refractivity contribution >= 4 is 5.91 Å². The summed E-state index contributed by atoms with van der Waals surface area (Å²) in [6, 6.07) is 2.08. The van der Waals surface area contributed by atoms with Crippen LogP contribution in [0.25, 0.3) is 0 Å². The molecular formula is C17H21F3N2O. The fourth-order valence-electron chi connectivity index (χ4n) is 3.92. The number of amides is 1. The first-order chi connectivity index (χ1) is 11.0. The molecule has 1 saturated heterocycles. The number of nitrogens with zero attached hydrogens (tertiary/aromatic N) is 1. The minimum Gasteiger partial charge on any atom is -0.337 e. The van der Waals surface area contributed by atoms with Crippen molar-refractivity contribution in [2.45, 2.75) is 51.2 Å². The highest BCUT2D eigenvalue weighted by molar-refractivity contribution is 5.77. The Balaban J connectivity index is 1.47. The molecule has 1 aliphatic heterocycles. The van der Waals surface area contributed by atoms with Gasteiger partial charge >= 0.3 is 0 Å². The zero-order valence-corrected chi connectivity index (χ0v) is 13.1. The highest BCUT2D eigenvalue weighted by Crippen LogP contribution is 2.42. The number of carbonyl (C=O) groups excluding carboxylic acids is 1. The van der Waals surface area contributed by atoms with E-state index in [1.807, 2.05) is 4.90 Å². The van der Waals surface area contributed by atoms with Gasteiger partial charge in [0.2, 0.25) is 5.91 Å². The molecule has 2 fully saturated rings. The van der Waals surface area contributed by atoms with Crippen LogP contribution in [0.2, 0.25) is 0 Å². The molecule has 1 saturated carbocycles. The smallest absolute Gasteiger partial charge is 0.224 e. The normalized spacial score (nSPS) is 26.1. The average Bonchev–Trinajstić information content (AvgIpc) is 3.09. The quantitative estimate of drug-likeness (QED) is 0.666. The molecule has 1 aromatic rings. The van der Waals surface area contributed by atoms with Gasteiger partial charge in [-0.1, -0.05) is 0 Å². The van der Waals surface area contributed by atoms with Crippen molar-refractivity contribution in [3.63, 3.8) is 0 Å². The molecule has 0 aromatic heterocycles. The maximum Gasteiger partial charge on any atom is 0.224 e. The van der Waals surface area contributed by atoms with Gasteiger partial charge in [-0.2, -0.15) is 0 Å². The van der Waals surface area contributed by atoms with E-state index in [1.165, 1.54) is 6.42 Å². The van der Waals surface area contributed by atoms with Gasteiger partial charge in [-0.25, -0.2) is 13.2 Å². The van der Waals surface area contributed by atoms with Crippen molar-refractivity contribution in [1.82, 2.24) is 10.2 Å². The second kappa shape index (κ2) is 6.51. The highest BCUT2D eigenvalue weighted by atomic mass is 19.2. The number of hydrogen-bond acceptors (Lipinski definition) is 2. The predicted molar refractivity (Wildman–Crippen MR) is 80.1 cm³/mol. The van der Waals surface area contributed by atoms with Gasteiger partial charge in [-0.3, -0.25) is 4.79 Å². The molecule has 3 rings (SSSR count). The number of benzene rings is 1. The van der Waals surface area contributed by atoms with Crippen LogP contribution in [0.5, 0.6) is 0 Å². The Hall–Kier alpha value is -1.56. The highest BCUT2D eigenvalue weighted by Gasteiger charge is 2.45. The van der Waals surface area contributed by atoms with Crippen molar-refractivity contribution in [2.24, 2.45) is 5.92 Å². The Morgan fingerprint density at radius 2 is 1.96 bits per heavy atom. The van der Waals surface area contributed by atoms with Crippen LogP contribution in [-0.4, -0.2) is 29.4 Å². The van der Waals surface area contributed by atoms with Crippen LogP contribution < -0.4 is 5.32 Å². The van der Waals surface area contributed by atoms with Gasteiger partial charge in [-0.05, 0) is 38.2 Å². The molecule has 1 aliphatic carbocycles. The van der Waals surface area contributed by atoms with Gasteiger partial charge < -0.3 is 10.2 Å². The van der Waals surface area contributed by atoms with Gasteiger partial charge in [0.05, 0.1) is 0 Å². The Morgan fingerprint density at radius 3 is 2.65 bits per heavy atom. The van der Waals surface area contributed by atoms with Crippen LogP contribution in [0, 0.1) is 23.4 Å². The second-order valence-corrected chi connectivity index (χ2v) is 6.55. The molecule has 1 aromatic carbocycles. The molecule has 2 unspecified atom stereocenters. The Labute approximate surface area is 133 Å². The van der Waals surface area contributed by atoms with Crippen LogP contribution in [0.4, 0.5) is 13.2 Å². The summed E-state index contributed by atoms with van der Waals surface area (Å²) in [5.74, 6) is -2.30. The Bertz CT molecular complexity index is 606. The molecule has 0 spiro atoms. The summed E-state index contributed by atoms with van der Waals surface area (Å²) in [7, 11) is 0. The monoisotopic (exact) mass is 326 g/mol. The standard InChI is InChI=1S/C17H21F3N2O/c1-10-11-2-3-13(6-11)22(10)17(23)4-5-21-9-12-7-15(19)16(20)8-14(12)18/h7-8,10-11,13,21H,2-6,9H2,1H3/t10-,11?,13?/m1/s1. The van der Waals surface area contributed by atoms with E-state index in [9.17, 15) is 18.0 Å². The van der Waals surface area contributed by atoms with Crippen LogP contribution >= 0.6 is 0 Å². The third-order valence-corrected chi connectivity index (χ3v) is 5.17. The van der Waals surface area contributed by atoms with Crippen LogP contribution in [0.1, 0.15) is 38.2 Å². The van der Waals surface area contributed by atoms with Crippen molar-refractivity contribution in [2.75, 3.05) is 6.54 Å². The average molecular weight is 326 g/mol. The summed E-state index contributed by atoms with van der Waals surface area (Å²) in [6.45, 7) is 2.56. The lowest BCUT2D eigenvalue weighted by atomic mass is 10.0. The molecule has 1 N–H and O–H groups in total. The zero-order chi connectivity index (χ0) is 16.6. The third-order valence-electron chi connectivity index (χ3n) is 5.17. The molecule has 1 heterocycles. The summed E-state index contributed by atoms with van der Waals surface area (Å²) in [5.41, 5.74) is 0.0601. The summed E-state index contributed by atoms with van der Waals surface area (Å²) in [6.07, 6.45) is 3.75. The van der Waals surface area contributed by atoms with E-state index in [1.54, 1.807) is 0 Å². The van der Waals surface area contributed by atoms with Crippen molar-refractivity contribution in [3.05, 3.63) is 35.1 Å². The van der Waals surface area contributed by atoms with Gasteiger partial charge in [0, 0.05) is 43.2 Å². The molecule has 1 amide bonds. The largest absolute Gasteiger partial charge is 0.337 e. The maximum atomic E-state index is 13.5. The molecule has 23 heavy (non-hydrogen) atoms. The Morgan fingerprint density at radius 1 is 1.22 bits per heavy atom. The third kappa shape index (κ3) is 3.22. The Kier molecular flexibility index (Phi) is 4.62. The van der Waals surface area contributed by atoms with E-state index in [-0.39, 0.29) is 18.0 Å². The van der Waals surface area contributed by atoms with Crippen LogP contribution in [0.15, 0.2) is 12.1 Å². The number of likely N-dealkylation sites (tertiary alicyclic amines) is 1. The van der Waals surface area contributed by atoms with Crippen molar-refractivity contribution in [1.29, 1.82) is 0 Å². The first kappa shape index (κ1) is 16.3. The maximum absolute atomic E-state index is 13.5.